The molecule has 13 heteroatoms. The third kappa shape index (κ3) is 6.28. The van der Waals surface area contributed by atoms with Gasteiger partial charge in [-0.2, -0.15) is 9.78 Å². The summed E-state index contributed by atoms with van der Waals surface area (Å²) >= 11 is 10.7. The Morgan fingerprint density at radius 1 is 1.00 bits per heavy atom. The molecule has 10 nitrogen and oxygen atoms in total. The van der Waals surface area contributed by atoms with E-state index in [-0.39, 0.29) is 23.7 Å². The molecular formula is C32H21Br3N4O6. The Morgan fingerprint density at radius 2 is 1.82 bits per heavy atom. The summed E-state index contributed by atoms with van der Waals surface area (Å²) in [6, 6.07) is 22.4. The van der Waals surface area contributed by atoms with Crippen LogP contribution in [0.3, 0.4) is 0 Å². The van der Waals surface area contributed by atoms with Crippen LogP contribution < -0.4 is 15.0 Å². The van der Waals surface area contributed by atoms with Crippen LogP contribution >= 0.6 is 47.8 Å². The Kier molecular flexibility index (Phi) is 8.83. The van der Waals surface area contributed by atoms with Crippen molar-refractivity contribution < 1.29 is 18.8 Å². The summed E-state index contributed by atoms with van der Waals surface area (Å²) in [6.07, 6.45) is 1.52. The van der Waals surface area contributed by atoms with Crippen LogP contribution in [-0.4, -0.2) is 27.4 Å². The van der Waals surface area contributed by atoms with Gasteiger partial charge in [0.15, 0.2) is 17.3 Å². The highest BCUT2D eigenvalue weighted by molar-refractivity contribution is 9.13. The van der Waals surface area contributed by atoms with Crippen molar-refractivity contribution in [3.8, 4) is 23.1 Å². The molecule has 0 aliphatic carbocycles. The van der Waals surface area contributed by atoms with E-state index in [2.05, 4.69) is 52.9 Å². The lowest BCUT2D eigenvalue weighted by molar-refractivity contribution is -0.384. The highest BCUT2D eigenvalue weighted by atomic mass is 79.9. The highest BCUT2D eigenvalue weighted by Crippen LogP contribution is 2.43. The van der Waals surface area contributed by atoms with Gasteiger partial charge in [0.2, 0.25) is 5.82 Å². The summed E-state index contributed by atoms with van der Waals surface area (Å²) in [7, 11) is 0. The second-order valence-electron chi connectivity index (χ2n) is 9.68. The van der Waals surface area contributed by atoms with E-state index in [0.29, 0.717) is 60.4 Å². The van der Waals surface area contributed by atoms with Crippen molar-refractivity contribution in [3.05, 3.63) is 124 Å². The number of ether oxygens (including phenoxy) is 2. The summed E-state index contributed by atoms with van der Waals surface area (Å²) in [5.74, 6) is 1.42. The van der Waals surface area contributed by atoms with Gasteiger partial charge in [0.25, 0.3) is 11.2 Å². The molecule has 0 amide bonds. The van der Waals surface area contributed by atoms with Crippen molar-refractivity contribution in [2.24, 2.45) is 5.10 Å². The predicted molar refractivity (Wildman–Crippen MR) is 182 cm³/mol. The number of furan rings is 1. The standard InChI is InChI=1S/C32H21Br3N4O6/c1-2-43-26-15-20(28(34)29(35)30(26)44-17-18-6-5-7-22(12-18)39(41)42)16-36-38-31(37-24-9-4-3-8-23(24)32(38)40)27-14-19-13-21(33)10-11-25(19)45-27/h3-16H,2,17H2,1H3. The van der Waals surface area contributed by atoms with E-state index >= 15 is 0 Å². The summed E-state index contributed by atoms with van der Waals surface area (Å²) in [4.78, 5) is 29.2. The fraction of sp³-hybridized carbons (Fsp3) is 0.0938. The van der Waals surface area contributed by atoms with E-state index < -0.39 is 4.92 Å². The maximum absolute atomic E-state index is 13.7. The van der Waals surface area contributed by atoms with Gasteiger partial charge < -0.3 is 13.9 Å². The number of non-ortho nitro benzene ring substituents is 1. The zero-order valence-electron chi connectivity index (χ0n) is 23.4. The molecule has 45 heavy (non-hydrogen) atoms. The molecule has 226 valence electrons. The van der Waals surface area contributed by atoms with Crippen LogP contribution in [0.25, 0.3) is 33.5 Å². The van der Waals surface area contributed by atoms with Crippen molar-refractivity contribution in [1.29, 1.82) is 0 Å². The van der Waals surface area contributed by atoms with Gasteiger partial charge in [0, 0.05) is 32.0 Å². The van der Waals surface area contributed by atoms with E-state index in [4.69, 9.17) is 18.9 Å². The number of para-hydroxylation sites is 1. The Labute approximate surface area is 280 Å². The lowest BCUT2D eigenvalue weighted by Crippen LogP contribution is -2.20. The number of nitro groups is 1. The zero-order valence-corrected chi connectivity index (χ0v) is 28.1. The van der Waals surface area contributed by atoms with Crippen LogP contribution in [0.2, 0.25) is 0 Å². The lowest BCUT2D eigenvalue weighted by Gasteiger charge is -2.16. The highest BCUT2D eigenvalue weighted by Gasteiger charge is 2.20. The number of benzene rings is 4. The topological polar surface area (TPSA) is 122 Å². The molecule has 0 fully saturated rings. The third-order valence-corrected chi connectivity index (χ3v) is 9.36. The molecule has 4 aromatic carbocycles. The van der Waals surface area contributed by atoms with Crippen molar-refractivity contribution in [2.45, 2.75) is 13.5 Å². The van der Waals surface area contributed by atoms with Crippen LogP contribution in [0.1, 0.15) is 18.1 Å². The summed E-state index contributed by atoms with van der Waals surface area (Å²) in [6.45, 7) is 2.25. The summed E-state index contributed by atoms with van der Waals surface area (Å²) in [5, 5.41) is 17.0. The van der Waals surface area contributed by atoms with Gasteiger partial charge in [-0.3, -0.25) is 14.9 Å². The predicted octanol–water partition coefficient (Wildman–Crippen LogP) is 8.87. The maximum atomic E-state index is 13.7. The monoisotopic (exact) mass is 794 g/mol. The minimum atomic E-state index is -0.454. The van der Waals surface area contributed by atoms with E-state index in [1.54, 1.807) is 36.4 Å². The SMILES string of the molecule is CCOc1cc(C=Nn2c(-c3cc4cc(Br)ccc4o3)nc3ccccc3c2=O)c(Br)c(Br)c1OCc1cccc([N+](=O)[O-])c1. The molecule has 0 unspecified atom stereocenters. The molecule has 2 heterocycles. The second-order valence-corrected chi connectivity index (χ2v) is 12.2. The van der Waals surface area contributed by atoms with Crippen LogP contribution in [0.4, 0.5) is 5.69 Å². The number of fused-ring (bicyclic) bond motifs is 2. The van der Waals surface area contributed by atoms with Gasteiger partial charge in [-0.05, 0) is 86.8 Å². The minimum Gasteiger partial charge on any atom is -0.490 e. The fourth-order valence-electron chi connectivity index (χ4n) is 4.65. The third-order valence-electron chi connectivity index (χ3n) is 6.73. The smallest absolute Gasteiger partial charge is 0.282 e. The van der Waals surface area contributed by atoms with Crippen molar-refractivity contribution in [3.63, 3.8) is 0 Å². The molecule has 2 aromatic heterocycles. The molecule has 6 rings (SSSR count). The normalized spacial score (nSPS) is 11.5. The van der Waals surface area contributed by atoms with Gasteiger partial charge in [-0.15, -0.1) is 0 Å². The Bertz CT molecular complexity index is 2190. The molecule has 6 aromatic rings. The number of aromatic nitrogens is 2. The molecule has 0 N–H and O–H groups in total. The lowest BCUT2D eigenvalue weighted by atomic mass is 10.2. The number of rotatable bonds is 9. The van der Waals surface area contributed by atoms with Crippen molar-refractivity contribution in [1.82, 2.24) is 9.66 Å². The van der Waals surface area contributed by atoms with Crippen molar-refractivity contribution in [2.75, 3.05) is 6.61 Å². The number of halogens is 3. The quantitative estimate of drug-likeness (QED) is 0.0814. The first-order chi connectivity index (χ1) is 21.7. The molecule has 0 aliphatic heterocycles. The number of hydrogen-bond acceptors (Lipinski definition) is 8. The fourth-order valence-corrected chi connectivity index (χ4v) is 5.96. The van der Waals surface area contributed by atoms with Gasteiger partial charge >= 0.3 is 0 Å². The van der Waals surface area contributed by atoms with E-state index in [9.17, 15) is 14.9 Å². The average Bonchev–Trinajstić information content (AvgIpc) is 3.46. The van der Waals surface area contributed by atoms with Gasteiger partial charge in [0.05, 0.1) is 33.1 Å². The zero-order chi connectivity index (χ0) is 31.7. The number of nitrogens with zero attached hydrogens (tertiary/aromatic N) is 4. The average molecular weight is 797 g/mol. The first-order valence-electron chi connectivity index (χ1n) is 13.5. The van der Waals surface area contributed by atoms with E-state index in [1.807, 2.05) is 37.3 Å². The van der Waals surface area contributed by atoms with Crippen molar-refractivity contribution >= 4 is 81.6 Å². The van der Waals surface area contributed by atoms with Gasteiger partial charge in [0.1, 0.15) is 12.2 Å². The van der Waals surface area contributed by atoms with E-state index in [1.165, 1.54) is 23.0 Å². The second kappa shape index (κ2) is 13.0. The molecule has 0 aliphatic rings. The Morgan fingerprint density at radius 3 is 2.62 bits per heavy atom. The van der Waals surface area contributed by atoms with Crippen LogP contribution in [-0.2, 0) is 6.61 Å². The van der Waals surface area contributed by atoms with Crippen LogP contribution in [0.15, 0.2) is 107 Å². The molecule has 0 atom stereocenters. The largest absolute Gasteiger partial charge is 0.490 e. The minimum absolute atomic E-state index is 0.0266. The van der Waals surface area contributed by atoms with Crippen LogP contribution in [0, 0.1) is 10.1 Å². The molecule has 0 radical (unpaired) electrons. The first kappa shape index (κ1) is 30.7. The Balaban J connectivity index is 1.41. The Hall–Kier alpha value is -4.33. The number of hydrogen-bond donors (Lipinski definition) is 0. The molecule has 0 bridgehead atoms. The number of nitro benzene ring substituents is 1. The summed E-state index contributed by atoms with van der Waals surface area (Å²) < 4.78 is 21.3. The first-order valence-corrected chi connectivity index (χ1v) is 15.9. The molecule has 0 saturated carbocycles. The van der Waals surface area contributed by atoms with Gasteiger partial charge in [-0.25, -0.2) is 4.98 Å². The van der Waals surface area contributed by atoms with Crippen LogP contribution in [0.5, 0.6) is 11.5 Å². The summed E-state index contributed by atoms with van der Waals surface area (Å²) in [5.41, 5.74) is 1.95. The molecule has 0 saturated heterocycles. The van der Waals surface area contributed by atoms with E-state index in [0.717, 1.165) is 9.86 Å². The maximum Gasteiger partial charge on any atom is 0.282 e. The van der Waals surface area contributed by atoms with Gasteiger partial charge in [-0.1, -0.05) is 40.2 Å². The molecular weight excluding hydrogens is 776 g/mol. The molecule has 0 spiro atoms.